The average molecular weight is 462 g/mol. The molecule has 7 heteroatoms. The van der Waals surface area contributed by atoms with Crippen molar-refractivity contribution in [2.24, 2.45) is 0 Å². The maximum absolute atomic E-state index is 12.9. The van der Waals surface area contributed by atoms with E-state index in [-0.39, 0.29) is 18.9 Å². The van der Waals surface area contributed by atoms with Gasteiger partial charge in [0.2, 0.25) is 0 Å². The number of likely N-dealkylation sites (N-methyl/N-ethyl adjacent to an activating group) is 1. The van der Waals surface area contributed by atoms with Crippen molar-refractivity contribution in [2.75, 3.05) is 27.9 Å². The lowest BCUT2D eigenvalue weighted by molar-refractivity contribution is -0.142. The summed E-state index contributed by atoms with van der Waals surface area (Å²) in [5.74, 6) is -0.308. The first-order chi connectivity index (χ1) is 16.5. The number of carboxylic acids is 1. The highest BCUT2D eigenvalue weighted by atomic mass is 16.6. The summed E-state index contributed by atoms with van der Waals surface area (Å²) in [5, 5.41) is 9.86. The van der Waals surface area contributed by atoms with Gasteiger partial charge in [-0.2, -0.15) is 0 Å². The number of carbonyl (C=O) groups is 2. The minimum Gasteiger partial charge on any atom is -0.493 e. The van der Waals surface area contributed by atoms with Crippen molar-refractivity contribution in [3.05, 3.63) is 83.4 Å². The van der Waals surface area contributed by atoms with Crippen LogP contribution in [0, 0.1) is 0 Å². The molecule has 176 valence electrons. The average Bonchev–Trinajstić information content (AvgIpc) is 3.18. The van der Waals surface area contributed by atoms with Crippen molar-refractivity contribution in [3.63, 3.8) is 0 Å². The van der Waals surface area contributed by atoms with Crippen LogP contribution in [0.15, 0.2) is 66.7 Å². The van der Waals surface area contributed by atoms with Crippen LogP contribution in [0.4, 0.5) is 4.79 Å². The van der Waals surface area contributed by atoms with Crippen LogP contribution in [0.5, 0.6) is 11.5 Å². The molecule has 0 fully saturated rings. The number of amides is 1. The van der Waals surface area contributed by atoms with E-state index in [4.69, 9.17) is 14.2 Å². The van der Waals surface area contributed by atoms with Crippen molar-refractivity contribution < 1.29 is 28.9 Å². The first-order valence-electron chi connectivity index (χ1n) is 11.0. The number of aliphatic carboxylic acids is 1. The molecule has 0 saturated heterocycles. The maximum Gasteiger partial charge on any atom is 0.410 e. The van der Waals surface area contributed by atoms with Gasteiger partial charge in [0, 0.05) is 24.9 Å². The SMILES string of the molecule is COc1cccc(C[C@@H](C(=O)O)N(C)C(=O)OCC2c3ccccc3-c3ccccc32)c1OC. The van der Waals surface area contributed by atoms with Crippen molar-refractivity contribution >= 4 is 12.1 Å². The lowest BCUT2D eigenvalue weighted by Crippen LogP contribution is -2.44. The van der Waals surface area contributed by atoms with Crippen LogP contribution in [-0.2, 0) is 16.0 Å². The predicted octanol–water partition coefficient (Wildman–Crippen LogP) is 4.58. The van der Waals surface area contributed by atoms with Crippen LogP contribution in [0.1, 0.15) is 22.6 Å². The Morgan fingerprint density at radius 3 is 2.09 bits per heavy atom. The van der Waals surface area contributed by atoms with Gasteiger partial charge < -0.3 is 19.3 Å². The molecule has 1 aliphatic carbocycles. The quantitative estimate of drug-likeness (QED) is 0.529. The van der Waals surface area contributed by atoms with Crippen LogP contribution >= 0.6 is 0 Å². The summed E-state index contributed by atoms with van der Waals surface area (Å²) in [5.41, 5.74) is 5.06. The summed E-state index contributed by atoms with van der Waals surface area (Å²) in [4.78, 5) is 26.1. The number of rotatable bonds is 8. The van der Waals surface area contributed by atoms with E-state index in [1.807, 2.05) is 36.4 Å². The van der Waals surface area contributed by atoms with Crippen LogP contribution < -0.4 is 9.47 Å². The maximum atomic E-state index is 12.9. The van der Waals surface area contributed by atoms with E-state index in [1.54, 1.807) is 18.2 Å². The fourth-order valence-electron chi connectivity index (χ4n) is 4.54. The molecule has 1 aliphatic rings. The Hall–Kier alpha value is -4.00. The number of hydrogen-bond donors (Lipinski definition) is 1. The third-order valence-corrected chi connectivity index (χ3v) is 6.27. The fraction of sp³-hybridized carbons (Fsp3) is 0.259. The molecule has 0 aliphatic heterocycles. The molecule has 0 aromatic heterocycles. The van der Waals surface area contributed by atoms with Gasteiger partial charge in [-0.1, -0.05) is 60.7 Å². The zero-order valence-electron chi connectivity index (χ0n) is 19.4. The Labute approximate surface area is 198 Å². The lowest BCUT2D eigenvalue weighted by atomic mass is 9.98. The van der Waals surface area contributed by atoms with Crippen LogP contribution in [0.3, 0.4) is 0 Å². The molecule has 0 saturated carbocycles. The largest absolute Gasteiger partial charge is 0.493 e. The molecule has 0 unspecified atom stereocenters. The number of benzene rings is 3. The van der Waals surface area contributed by atoms with Gasteiger partial charge in [0.1, 0.15) is 12.6 Å². The second-order valence-corrected chi connectivity index (χ2v) is 8.13. The molecule has 0 bridgehead atoms. The normalized spacial score (nSPS) is 12.9. The number of carbonyl (C=O) groups excluding carboxylic acids is 1. The Kier molecular flexibility index (Phi) is 6.72. The van der Waals surface area contributed by atoms with Gasteiger partial charge >= 0.3 is 12.1 Å². The molecule has 3 aromatic carbocycles. The zero-order valence-corrected chi connectivity index (χ0v) is 19.4. The summed E-state index contributed by atoms with van der Waals surface area (Å²) < 4.78 is 16.4. The Bertz CT molecular complexity index is 1160. The van der Waals surface area contributed by atoms with E-state index < -0.39 is 18.1 Å². The highest BCUT2D eigenvalue weighted by Crippen LogP contribution is 2.44. The van der Waals surface area contributed by atoms with Crippen LogP contribution in [-0.4, -0.2) is 56.0 Å². The molecule has 34 heavy (non-hydrogen) atoms. The summed E-state index contributed by atoms with van der Waals surface area (Å²) in [6.07, 6.45) is -0.660. The van der Waals surface area contributed by atoms with E-state index >= 15 is 0 Å². The first kappa shape index (κ1) is 23.2. The molecule has 0 radical (unpaired) electrons. The van der Waals surface area contributed by atoms with Gasteiger partial charge in [-0.05, 0) is 28.3 Å². The minimum absolute atomic E-state index is 0.0381. The molecule has 0 spiro atoms. The van der Waals surface area contributed by atoms with Crippen LogP contribution in [0.2, 0.25) is 0 Å². The zero-order chi connectivity index (χ0) is 24.2. The summed E-state index contributed by atoms with van der Waals surface area (Å²) >= 11 is 0. The van der Waals surface area contributed by atoms with Gasteiger partial charge in [-0.3, -0.25) is 4.90 Å². The molecule has 1 N–H and O–H groups in total. The summed E-state index contributed by atoms with van der Waals surface area (Å²) in [6.45, 7) is 0.117. The third-order valence-electron chi connectivity index (χ3n) is 6.27. The molecule has 1 amide bonds. The van der Waals surface area contributed by atoms with Gasteiger partial charge in [-0.25, -0.2) is 9.59 Å². The van der Waals surface area contributed by atoms with Gasteiger partial charge in [0.05, 0.1) is 14.2 Å². The van der Waals surface area contributed by atoms with E-state index in [2.05, 4.69) is 12.1 Å². The highest BCUT2D eigenvalue weighted by Gasteiger charge is 2.32. The lowest BCUT2D eigenvalue weighted by Gasteiger charge is -2.26. The number of carboxylic acid groups (broad SMARTS) is 1. The molecule has 1 atom stereocenters. The number of para-hydroxylation sites is 1. The topological polar surface area (TPSA) is 85.3 Å². The van der Waals surface area contributed by atoms with Gasteiger partial charge in [0.25, 0.3) is 0 Å². The van der Waals surface area contributed by atoms with E-state index in [9.17, 15) is 14.7 Å². The molecule has 7 nitrogen and oxygen atoms in total. The molecular formula is C27H27NO6. The number of methoxy groups -OCH3 is 2. The van der Waals surface area contributed by atoms with E-state index in [1.165, 1.54) is 21.3 Å². The smallest absolute Gasteiger partial charge is 0.410 e. The summed E-state index contributed by atoms with van der Waals surface area (Å²) in [7, 11) is 4.44. The Balaban J connectivity index is 1.50. The summed E-state index contributed by atoms with van der Waals surface area (Å²) in [6, 6.07) is 20.2. The van der Waals surface area contributed by atoms with Gasteiger partial charge in [-0.15, -0.1) is 0 Å². The molecular weight excluding hydrogens is 434 g/mol. The van der Waals surface area contributed by atoms with E-state index in [0.717, 1.165) is 27.2 Å². The first-order valence-corrected chi connectivity index (χ1v) is 11.0. The number of ether oxygens (including phenoxy) is 3. The second-order valence-electron chi connectivity index (χ2n) is 8.13. The van der Waals surface area contributed by atoms with Crippen molar-refractivity contribution in [2.45, 2.75) is 18.4 Å². The molecule has 4 rings (SSSR count). The Morgan fingerprint density at radius 1 is 0.912 bits per heavy atom. The third kappa shape index (κ3) is 4.29. The predicted molar refractivity (Wildman–Crippen MR) is 128 cm³/mol. The molecule has 3 aromatic rings. The van der Waals surface area contributed by atoms with E-state index in [0.29, 0.717) is 17.1 Å². The Morgan fingerprint density at radius 2 is 1.53 bits per heavy atom. The number of fused-ring (bicyclic) bond motifs is 3. The minimum atomic E-state index is -1.14. The highest BCUT2D eigenvalue weighted by molar-refractivity contribution is 5.81. The molecule has 0 heterocycles. The fourth-order valence-corrected chi connectivity index (χ4v) is 4.54. The standard InChI is InChI=1S/C27H27NO6/c1-28(23(26(29)30)15-17-9-8-14-24(32-2)25(17)33-3)27(31)34-16-22-20-12-6-4-10-18(20)19-11-5-7-13-21(19)22/h4-14,22-23H,15-16H2,1-3H3,(H,29,30)/t23-/m0/s1. The van der Waals surface area contributed by atoms with Crippen molar-refractivity contribution in [1.82, 2.24) is 4.90 Å². The number of hydrogen-bond acceptors (Lipinski definition) is 5. The monoisotopic (exact) mass is 461 g/mol. The van der Waals surface area contributed by atoms with Crippen molar-refractivity contribution in [1.29, 1.82) is 0 Å². The van der Waals surface area contributed by atoms with Crippen LogP contribution in [0.25, 0.3) is 11.1 Å². The van der Waals surface area contributed by atoms with Gasteiger partial charge in [0.15, 0.2) is 11.5 Å². The second kappa shape index (κ2) is 9.87. The van der Waals surface area contributed by atoms with Crippen molar-refractivity contribution in [3.8, 4) is 22.6 Å². The number of nitrogens with zero attached hydrogens (tertiary/aromatic N) is 1.